The molecule has 2 saturated heterocycles. The number of nitrogens with zero attached hydrogens (tertiary/aromatic N) is 3. The molecule has 0 amide bonds. The summed E-state index contributed by atoms with van der Waals surface area (Å²) in [6.45, 7) is 2.88. The van der Waals surface area contributed by atoms with Gasteiger partial charge in [-0.05, 0) is 62.2 Å². The molecular formula is C23H29ClN6OS. The number of halogens is 1. The number of likely N-dealkylation sites (N-methyl/N-ethyl adjacent to an activating group) is 1. The number of nitrogens with one attached hydrogen (secondary N) is 3. The minimum atomic E-state index is 0.414. The SMILES string of the molecule is CN1CCCC1CN1COSC/C(=C(/NCc2ccc(Cl)nc2)Nc2ccccc2)C1=N. The fraction of sp³-hybridized carbons (Fsp3) is 0.391. The van der Waals surface area contributed by atoms with Crippen molar-refractivity contribution in [3.63, 3.8) is 0 Å². The molecule has 2 aliphatic heterocycles. The van der Waals surface area contributed by atoms with E-state index in [1.54, 1.807) is 12.3 Å². The second-order valence-electron chi connectivity index (χ2n) is 8.04. The minimum absolute atomic E-state index is 0.414. The third-order valence-corrected chi connectivity index (χ3v) is 6.70. The molecule has 7 nitrogen and oxygen atoms in total. The van der Waals surface area contributed by atoms with Crippen LogP contribution in [0.15, 0.2) is 60.1 Å². The van der Waals surface area contributed by atoms with Crippen LogP contribution in [0.5, 0.6) is 0 Å². The zero-order chi connectivity index (χ0) is 22.3. The van der Waals surface area contributed by atoms with Crippen LogP contribution in [0.4, 0.5) is 5.69 Å². The molecule has 32 heavy (non-hydrogen) atoms. The van der Waals surface area contributed by atoms with Crippen LogP contribution in [0.1, 0.15) is 18.4 Å². The molecule has 1 aromatic carbocycles. The summed E-state index contributed by atoms with van der Waals surface area (Å²) in [5.41, 5.74) is 2.86. The van der Waals surface area contributed by atoms with E-state index in [2.05, 4.69) is 27.6 Å². The summed E-state index contributed by atoms with van der Waals surface area (Å²) < 4.78 is 5.80. The first-order valence-corrected chi connectivity index (χ1v) is 12.1. The van der Waals surface area contributed by atoms with Gasteiger partial charge in [0.15, 0.2) is 0 Å². The fourth-order valence-electron chi connectivity index (χ4n) is 3.92. The van der Waals surface area contributed by atoms with Crippen LogP contribution in [0.2, 0.25) is 5.15 Å². The molecule has 0 bridgehead atoms. The lowest BCUT2D eigenvalue weighted by molar-refractivity contribution is 0.179. The minimum Gasteiger partial charge on any atom is -0.367 e. The van der Waals surface area contributed by atoms with E-state index in [0.29, 0.717) is 36.1 Å². The van der Waals surface area contributed by atoms with Crippen molar-refractivity contribution in [1.29, 1.82) is 5.41 Å². The zero-order valence-electron chi connectivity index (χ0n) is 18.2. The Hall–Kier alpha value is -2.26. The van der Waals surface area contributed by atoms with Gasteiger partial charge >= 0.3 is 0 Å². The van der Waals surface area contributed by atoms with Gasteiger partial charge in [0.2, 0.25) is 0 Å². The Balaban J connectivity index is 1.58. The number of anilines is 1. The Morgan fingerprint density at radius 2 is 2.12 bits per heavy atom. The predicted octanol–water partition coefficient (Wildman–Crippen LogP) is 4.16. The quantitative estimate of drug-likeness (QED) is 0.412. The topological polar surface area (TPSA) is 76.5 Å². The maximum Gasteiger partial charge on any atom is 0.134 e. The van der Waals surface area contributed by atoms with Crippen LogP contribution in [-0.4, -0.2) is 59.3 Å². The Morgan fingerprint density at radius 1 is 1.28 bits per heavy atom. The van der Waals surface area contributed by atoms with Crippen molar-refractivity contribution < 1.29 is 4.18 Å². The molecule has 9 heteroatoms. The highest BCUT2D eigenvalue weighted by atomic mass is 35.5. The number of hydrogen-bond acceptors (Lipinski definition) is 7. The zero-order valence-corrected chi connectivity index (χ0v) is 19.8. The molecular weight excluding hydrogens is 444 g/mol. The van der Waals surface area contributed by atoms with Crippen LogP contribution in [0.25, 0.3) is 0 Å². The molecule has 0 aliphatic carbocycles. The van der Waals surface area contributed by atoms with E-state index in [4.69, 9.17) is 21.2 Å². The summed E-state index contributed by atoms with van der Waals surface area (Å²) in [5.74, 6) is 1.88. The maximum absolute atomic E-state index is 9.03. The number of amidine groups is 1. The van der Waals surface area contributed by atoms with Crippen molar-refractivity contribution in [3.05, 3.63) is 70.8 Å². The van der Waals surface area contributed by atoms with Crippen molar-refractivity contribution in [2.75, 3.05) is 37.9 Å². The van der Waals surface area contributed by atoms with Crippen LogP contribution >= 0.6 is 23.6 Å². The number of benzene rings is 1. The maximum atomic E-state index is 9.03. The number of rotatable bonds is 7. The molecule has 3 N–H and O–H groups in total. The summed E-state index contributed by atoms with van der Waals surface area (Å²) in [5, 5.41) is 16.5. The van der Waals surface area contributed by atoms with Crippen LogP contribution in [0.3, 0.4) is 0 Å². The van der Waals surface area contributed by atoms with E-state index in [-0.39, 0.29) is 0 Å². The van der Waals surface area contributed by atoms with Gasteiger partial charge in [0.05, 0.1) is 5.75 Å². The van der Waals surface area contributed by atoms with Gasteiger partial charge in [-0.25, -0.2) is 4.98 Å². The van der Waals surface area contributed by atoms with E-state index >= 15 is 0 Å². The van der Waals surface area contributed by atoms with Crippen LogP contribution < -0.4 is 10.6 Å². The van der Waals surface area contributed by atoms with Gasteiger partial charge in [-0.1, -0.05) is 35.9 Å². The molecule has 0 saturated carbocycles. The summed E-state index contributed by atoms with van der Waals surface area (Å²) >= 11 is 7.32. The predicted molar refractivity (Wildman–Crippen MR) is 132 cm³/mol. The molecule has 0 radical (unpaired) electrons. The molecule has 170 valence electrons. The monoisotopic (exact) mass is 472 g/mol. The lowest BCUT2D eigenvalue weighted by Crippen LogP contribution is -2.43. The molecule has 2 aliphatic rings. The van der Waals surface area contributed by atoms with E-state index in [1.165, 1.54) is 18.5 Å². The Bertz CT molecular complexity index is 939. The van der Waals surface area contributed by atoms with Crippen molar-refractivity contribution in [3.8, 4) is 0 Å². The highest BCUT2D eigenvalue weighted by molar-refractivity contribution is 7.94. The molecule has 2 aromatic rings. The number of aromatic nitrogens is 1. The number of para-hydroxylation sites is 1. The Labute approximate surface area is 198 Å². The Kier molecular flexibility index (Phi) is 7.91. The average Bonchev–Trinajstić information content (AvgIpc) is 3.12. The standard InChI is InChI=1S/C23H29ClN6OS/c1-29-11-5-8-19(29)14-30-16-31-32-15-20(22(30)25)23(28-18-6-3-2-4-7-18)27-13-17-9-10-21(24)26-12-17/h2-4,6-7,9-10,12,19,25,27-28H,5,8,11,13-16H2,1H3/b23-20+,25-22?. The molecule has 3 heterocycles. The van der Waals surface area contributed by atoms with E-state index < -0.39 is 0 Å². The van der Waals surface area contributed by atoms with Crippen molar-refractivity contribution in [2.24, 2.45) is 0 Å². The summed E-state index contributed by atoms with van der Waals surface area (Å²) in [7, 11) is 2.16. The second-order valence-corrected chi connectivity index (χ2v) is 9.19. The third kappa shape index (κ3) is 5.95. The average molecular weight is 473 g/mol. The molecule has 1 unspecified atom stereocenters. The van der Waals surface area contributed by atoms with Gasteiger partial charge in [0, 0.05) is 36.6 Å². The first kappa shape index (κ1) is 22.9. The molecule has 1 aromatic heterocycles. The highest BCUT2D eigenvalue weighted by Crippen LogP contribution is 2.24. The number of likely N-dealkylation sites (tertiary alicyclic amines) is 1. The van der Waals surface area contributed by atoms with Gasteiger partial charge in [-0.15, -0.1) is 0 Å². The van der Waals surface area contributed by atoms with Gasteiger partial charge in [0.1, 0.15) is 23.5 Å². The summed E-state index contributed by atoms with van der Waals surface area (Å²) in [6, 6.07) is 14.2. The summed E-state index contributed by atoms with van der Waals surface area (Å²) in [4.78, 5) is 8.59. The van der Waals surface area contributed by atoms with Crippen LogP contribution in [-0.2, 0) is 10.7 Å². The van der Waals surface area contributed by atoms with Gasteiger partial charge in [0.25, 0.3) is 0 Å². The highest BCUT2D eigenvalue weighted by Gasteiger charge is 2.28. The van der Waals surface area contributed by atoms with Crippen molar-refractivity contribution >= 4 is 35.2 Å². The third-order valence-electron chi connectivity index (χ3n) is 5.80. The molecule has 1 atom stereocenters. The lowest BCUT2D eigenvalue weighted by Gasteiger charge is -2.30. The van der Waals surface area contributed by atoms with E-state index in [1.807, 2.05) is 41.3 Å². The largest absolute Gasteiger partial charge is 0.367 e. The number of hydrogen-bond donors (Lipinski definition) is 3. The number of pyridine rings is 1. The van der Waals surface area contributed by atoms with E-state index in [0.717, 1.165) is 42.2 Å². The Morgan fingerprint density at radius 3 is 2.84 bits per heavy atom. The van der Waals surface area contributed by atoms with Gasteiger partial charge in [-0.3, -0.25) is 9.59 Å². The second kappa shape index (κ2) is 11.0. The smallest absolute Gasteiger partial charge is 0.134 e. The molecule has 0 spiro atoms. The molecule has 4 rings (SSSR count). The van der Waals surface area contributed by atoms with Gasteiger partial charge in [-0.2, -0.15) is 0 Å². The fourth-order valence-corrected chi connectivity index (χ4v) is 4.71. The lowest BCUT2D eigenvalue weighted by atomic mass is 10.1. The first-order chi connectivity index (χ1) is 15.6. The van der Waals surface area contributed by atoms with E-state index in [9.17, 15) is 0 Å². The normalized spacial score (nSPS) is 21.4. The van der Waals surface area contributed by atoms with Crippen molar-refractivity contribution in [1.82, 2.24) is 20.1 Å². The van der Waals surface area contributed by atoms with Gasteiger partial charge < -0.3 is 20.4 Å². The molecule has 2 fully saturated rings. The van der Waals surface area contributed by atoms with Crippen molar-refractivity contribution in [2.45, 2.75) is 25.4 Å². The van der Waals surface area contributed by atoms with Crippen LogP contribution in [0, 0.1) is 5.41 Å². The summed E-state index contributed by atoms with van der Waals surface area (Å²) in [6.07, 6.45) is 4.13. The first-order valence-electron chi connectivity index (χ1n) is 10.8.